The van der Waals surface area contributed by atoms with Gasteiger partial charge in [-0.05, 0) is 68.7 Å². The lowest BCUT2D eigenvalue weighted by Crippen LogP contribution is -2.43. The Morgan fingerprint density at radius 3 is 2.81 bits per heavy atom. The number of piperidine rings is 1. The second-order valence-electron chi connectivity index (χ2n) is 10.2. The van der Waals surface area contributed by atoms with Crippen LogP contribution in [0.2, 0.25) is 5.02 Å². The van der Waals surface area contributed by atoms with Gasteiger partial charge in [0.1, 0.15) is 0 Å². The number of nitrogens with zero attached hydrogens (tertiary/aromatic N) is 7. The van der Waals surface area contributed by atoms with E-state index in [0.29, 0.717) is 33.7 Å². The Labute approximate surface area is 218 Å². The highest BCUT2D eigenvalue weighted by Gasteiger charge is 2.53. The fraction of sp³-hybridized carbons (Fsp3) is 0.423. The fourth-order valence-corrected chi connectivity index (χ4v) is 5.54. The summed E-state index contributed by atoms with van der Waals surface area (Å²) in [5, 5.41) is 21.2. The van der Waals surface area contributed by atoms with Gasteiger partial charge in [-0.2, -0.15) is 5.26 Å². The van der Waals surface area contributed by atoms with Crippen molar-refractivity contribution in [3.8, 4) is 6.07 Å². The van der Waals surface area contributed by atoms with Crippen LogP contribution in [0.4, 0.5) is 5.82 Å². The van der Waals surface area contributed by atoms with Crippen molar-refractivity contribution in [3.05, 3.63) is 63.8 Å². The van der Waals surface area contributed by atoms with Crippen LogP contribution in [0, 0.1) is 30.1 Å². The topological polar surface area (TPSA) is 130 Å². The number of aromatic nitrogens is 5. The maximum Gasteiger partial charge on any atom is 0.273 e. The molecule has 6 rings (SSSR count). The van der Waals surface area contributed by atoms with E-state index in [-0.39, 0.29) is 41.4 Å². The van der Waals surface area contributed by atoms with Gasteiger partial charge in [-0.25, -0.2) is 9.67 Å². The van der Waals surface area contributed by atoms with E-state index in [0.717, 1.165) is 31.4 Å². The van der Waals surface area contributed by atoms with Gasteiger partial charge in [0.15, 0.2) is 11.5 Å². The number of fused-ring (bicyclic) bond motifs is 1. The maximum absolute atomic E-state index is 12.8. The predicted octanol–water partition coefficient (Wildman–Crippen LogP) is 3.17. The van der Waals surface area contributed by atoms with Crippen molar-refractivity contribution in [1.82, 2.24) is 30.3 Å². The van der Waals surface area contributed by atoms with Crippen LogP contribution >= 0.6 is 11.6 Å². The summed E-state index contributed by atoms with van der Waals surface area (Å²) in [5.41, 5.74) is 3.13. The third-order valence-corrected chi connectivity index (χ3v) is 7.97. The van der Waals surface area contributed by atoms with Gasteiger partial charge < -0.3 is 5.32 Å². The molecular weight excluding hydrogens is 492 g/mol. The van der Waals surface area contributed by atoms with Crippen molar-refractivity contribution in [2.45, 2.75) is 51.1 Å². The Balaban J connectivity index is 1.08. The molecule has 3 aliphatic rings. The first-order valence-electron chi connectivity index (χ1n) is 12.4. The number of aryl methyl sites for hydroxylation is 1. The number of carbonyl (C=O) groups excluding carboxylic acids is 2. The highest BCUT2D eigenvalue weighted by molar-refractivity contribution is 6.30. The monoisotopic (exact) mass is 516 g/mol. The Bertz CT molecular complexity index is 1460. The van der Waals surface area contributed by atoms with E-state index in [1.807, 2.05) is 19.9 Å². The van der Waals surface area contributed by atoms with Crippen molar-refractivity contribution >= 4 is 29.2 Å². The van der Waals surface area contributed by atoms with Gasteiger partial charge in [0.05, 0.1) is 41.5 Å². The number of halogens is 1. The highest BCUT2D eigenvalue weighted by atomic mass is 35.5. The quantitative estimate of drug-likeness (QED) is 0.532. The SMILES string of the molecule is Cc1nc([C@@H](C)n2cc(C(=O)NC3CC(c4cc(Cl)ccc4C#N)C3)nn2)cnc1N1C[C@H]2C[C@H]2C1=O. The molecule has 2 amide bonds. The molecule has 2 aliphatic carbocycles. The van der Waals surface area contributed by atoms with Crippen LogP contribution in [-0.4, -0.2) is 49.4 Å². The molecule has 10 nitrogen and oxygen atoms in total. The average Bonchev–Trinajstić information content (AvgIpc) is 3.32. The molecule has 2 aromatic heterocycles. The Hall–Kier alpha value is -3.84. The van der Waals surface area contributed by atoms with Gasteiger partial charge in [-0.1, -0.05) is 16.8 Å². The molecule has 1 aromatic carbocycles. The molecule has 11 heteroatoms. The minimum absolute atomic E-state index is 0.00834. The van der Waals surface area contributed by atoms with Crippen molar-refractivity contribution in [1.29, 1.82) is 5.26 Å². The van der Waals surface area contributed by atoms with Gasteiger partial charge in [0.25, 0.3) is 5.91 Å². The van der Waals surface area contributed by atoms with Crippen molar-refractivity contribution in [3.63, 3.8) is 0 Å². The minimum Gasteiger partial charge on any atom is -0.348 e. The molecule has 1 aliphatic heterocycles. The molecule has 1 saturated heterocycles. The predicted molar refractivity (Wildman–Crippen MR) is 134 cm³/mol. The van der Waals surface area contributed by atoms with Gasteiger partial charge in [0, 0.05) is 23.5 Å². The molecule has 3 aromatic rings. The first-order valence-corrected chi connectivity index (χ1v) is 12.8. The molecule has 0 unspecified atom stereocenters. The van der Waals surface area contributed by atoms with Crippen LogP contribution in [0.3, 0.4) is 0 Å². The lowest BCUT2D eigenvalue weighted by Gasteiger charge is -2.36. The molecule has 0 radical (unpaired) electrons. The number of anilines is 1. The Morgan fingerprint density at radius 2 is 2.11 bits per heavy atom. The number of hydrogen-bond acceptors (Lipinski definition) is 7. The minimum atomic E-state index is -0.294. The van der Waals surface area contributed by atoms with Crippen molar-refractivity contribution in [2.24, 2.45) is 11.8 Å². The molecule has 3 fully saturated rings. The van der Waals surface area contributed by atoms with Crippen LogP contribution in [-0.2, 0) is 4.79 Å². The number of benzene rings is 1. The van der Waals surface area contributed by atoms with Crippen LogP contribution in [0.25, 0.3) is 0 Å². The smallest absolute Gasteiger partial charge is 0.273 e. The molecular formula is C26H25ClN8O2. The van der Waals surface area contributed by atoms with E-state index in [9.17, 15) is 14.9 Å². The lowest BCUT2D eigenvalue weighted by atomic mass is 9.74. The highest BCUT2D eigenvalue weighted by Crippen LogP contribution is 2.47. The molecule has 37 heavy (non-hydrogen) atoms. The average molecular weight is 517 g/mol. The third kappa shape index (κ3) is 4.23. The third-order valence-electron chi connectivity index (χ3n) is 7.73. The zero-order valence-corrected chi connectivity index (χ0v) is 21.2. The fourth-order valence-electron chi connectivity index (χ4n) is 5.35. The van der Waals surface area contributed by atoms with Crippen molar-refractivity contribution in [2.75, 3.05) is 11.4 Å². The van der Waals surface area contributed by atoms with E-state index in [1.165, 1.54) is 0 Å². The zero-order chi connectivity index (χ0) is 25.8. The van der Waals surface area contributed by atoms with Gasteiger partial charge in [-0.15, -0.1) is 5.10 Å². The summed E-state index contributed by atoms with van der Waals surface area (Å²) in [6.45, 7) is 4.48. The number of rotatable bonds is 6. The number of amides is 2. The Kier molecular flexibility index (Phi) is 5.68. The zero-order valence-electron chi connectivity index (χ0n) is 20.4. The molecule has 0 spiro atoms. The van der Waals surface area contributed by atoms with Crippen molar-refractivity contribution < 1.29 is 9.59 Å². The first-order chi connectivity index (χ1) is 17.8. The van der Waals surface area contributed by atoms with Gasteiger partial charge in [0.2, 0.25) is 5.91 Å². The van der Waals surface area contributed by atoms with E-state index in [4.69, 9.17) is 11.6 Å². The summed E-state index contributed by atoms with van der Waals surface area (Å²) in [6.07, 6.45) is 5.71. The van der Waals surface area contributed by atoms with Gasteiger partial charge in [-0.3, -0.25) is 19.5 Å². The van der Waals surface area contributed by atoms with Crippen LogP contribution in [0.1, 0.15) is 71.1 Å². The molecule has 1 N–H and O–H groups in total. The molecule has 3 heterocycles. The van der Waals surface area contributed by atoms with E-state index >= 15 is 0 Å². The molecule has 2 saturated carbocycles. The number of nitrogens with one attached hydrogen (secondary N) is 1. The van der Waals surface area contributed by atoms with Gasteiger partial charge >= 0.3 is 0 Å². The summed E-state index contributed by atoms with van der Waals surface area (Å²) >= 11 is 6.11. The summed E-state index contributed by atoms with van der Waals surface area (Å²) < 4.78 is 1.59. The summed E-state index contributed by atoms with van der Waals surface area (Å²) in [6, 6.07) is 7.19. The summed E-state index contributed by atoms with van der Waals surface area (Å²) in [7, 11) is 0. The van der Waals surface area contributed by atoms with Crippen LogP contribution < -0.4 is 10.2 Å². The maximum atomic E-state index is 12.8. The van der Waals surface area contributed by atoms with E-state index in [2.05, 4.69) is 31.7 Å². The molecule has 0 bridgehead atoms. The Morgan fingerprint density at radius 1 is 1.30 bits per heavy atom. The molecule has 3 atom stereocenters. The lowest BCUT2D eigenvalue weighted by molar-refractivity contribution is -0.118. The molecule has 188 valence electrons. The second-order valence-corrected chi connectivity index (χ2v) is 10.6. The summed E-state index contributed by atoms with van der Waals surface area (Å²) in [5.74, 6) is 1.27. The van der Waals surface area contributed by atoms with Crippen LogP contribution in [0.5, 0.6) is 0 Å². The number of hydrogen-bond donors (Lipinski definition) is 1. The number of nitriles is 1. The van der Waals surface area contributed by atoms with Crippen LogP contribution in [0.15, 0.2) is 30.6 Å². The summed E-state index contributed by atoms with van der Waals surface area (Å²) in [4.78, 5) is 36.2. The largest absolute Gasteiger partial charge is 0.348 e. The second kappa shape index (κ2) is 8.92. The van der Waals surface area contributed by atoms with E-state index in [1.54, 1.807) is 34.1 Å². The van der Waals surface area contributed by atoms with E-state index < -0.39 is 0 Å². The normalized spacial score (nSPS) is 24.7. The first kappa shape index (κ1) is 23.6. The standard InChI is InChI=1S/C26H25ClN8O2/c1-13-24(34-11-17-7-21(17)26(34)37)29-10-22(30-13)14(2)35-12-23(32-33-35)25(36)31-19-5-16(6-19)20-8-18(27)4-3-15(20)9-28/h3-4,8,10,12,14,16-17,19,21H,5-7,11H2,1-2H3,(H,31,36)/t14-,16?,17-,19?,21-/m1/s1. The number of carbonyl (C=O) groups is 2.